The van der Waals surface area contributed by atoms with E-state index in [1.165, 1.54) is 6.07 Å². The first kappa shape index (κ1) is 15.3. The monoisotopic (exact) mass is 292 g/mol. The summed E-state index contributed by atoms with van der Waals surface area (Å²) >= 11 is 0. The largest absolute Gasteiger partial charge is 0.338 e. The smallest absolute Gasteiger partial charge is 0.317 e. The number of halogens is 1. The fraction of sp³-hybridized carbons (Fsp3) is 0.467. The standard InChI is InChI=1S/C15H21FN4O/c1-4-20(5-2)15(21)17-10-9-13-18-14-11(16)7-6-8-12(14)19(13)3/h6-8H,4-5,9-10H2,1-3H3,(H,17,21). The summed E-state index contributed by atoms with van der Waals surface area (Å²) in [6, 6.07) is 4.83. The van der Waals surface area contributed by atoms with E-state index in [2.05, 4.69) is 10.3 Å². The molecule has 6 heteroatoms. The molecule has 21 heavy (non-hydrogen) atoms. The molecule has 2 amide bonds. The van der Waals surface area contributed by atoms with Crippen LogP contribution < -0.4 is 5.32 Å². The van der Waals surface area contributed by atoms with Crippen molar-refractivity contribution in [1.82, 2.24) is 19.8 Å². The second kappa shape index (κ2) is 6.56. The maximum atomic E-state index is 13.7. The summed E-state index contributed by atoms with van der Waals surface area (Å²) in [6.07, 6.45) is 0.567. The van der Waals surface area contributed by atoms with Crippen molar-refractivity contribution in [3.8, 4) is 0 Å². The summed E-state index contributed by atoms with van der Waals surface area (Å²) in [5.74, 6) is 0.441. The number of aryl methyl sites for hydroxylation is 1. The van der Waals surface area contributed by atoms with Gasteiger partial charge in [-0.15, -0.1) is 0 Å². The van der Waals surface area contributed by atoms with Gasteiger partial charge in [0.05, 0.1) is 5.52 Å². The number of rotatable bonds is 5. The van der Waals surface area contributed by atoms with Crippen LogP contribution >= 0.6 is 0 Å². The molecule has 114 valence electrons. The number of nitrogens with zero attached hydrogens (tertiary/aromatic N) is 3. The number of carbonyl (C=O) groups is 1. The third-order valence-corrected chi connectivity index (χ3v) is 3.63. The Kier molecular flexibility index (Phi) is 4.77. The van der Waals surface area contributed by atoms with Crippen molar-refractivity contribution in [1.29, 1.82) is 0 Å². The number of benzene rings is 1. The molecule has 1 aromatic heterocycles. The number of fused-ring (bicyclic) bond motifs is 1. The van der Waals surface area contributed by atoms with E-state index in [-0.39, 0.29) is 11.8 Å². The SMILES string of the molecule is CCN(CC)C(=O)NCCc1nc2c(F)cccc2n1C. The molecule has 0 bridgehead atoms. The van der Waals surface area contributed by atoms with Gasteiger partial charge in [-0.05, 0) is 26.0 Å². The molecule has 0 spiro atoms. The summed E-state index contributed by atoms with van der Waals surface area (Å²) in [6.45, 7) is 5.72. The Morgan fingerprint density at radius 1 is 1.38 bits per heavy atom. The summed E-state index contributed by atoms with van der Waals surface area (Å²) in [5.41, 5.74) is 1.14. The van der Waals surface area contributed by atoms with Gasteiger partial charge in [0.15, 0.2) is 5.82 Å². The molecule has 5 nitrogen and oxygen atoms in total. The molecule has 0 atom stereocenters. The van der Waals surface area contributed by atoms with Gasteiger partial charge in [0.1, 0.15) is 11.3 Å². The van der Waals surface area contributed by atoms with Crippen molar-refractivity contribution in [2.24, 2.45) is 7.05 Å². The van der Waals surface area contributed by atoms with E-state index in [1.54, 1.807) is 11.0 Å². The van der Waals surface area contributed by atoms with Gasteiger partial charge in [-0.25, -0.2) is 14.2 Å². The number of carbonyl (C=O) groups excluding carboxylic acids is 1. The molecule has 1 aromatic carbocycles. The van der Waals surface area contributed by atoms with Crippen LogP contribution in [0.2, 0.25) is 0 Å². The van der Waals surface area contributed by atoms with Crippen LogP contribution in [0.1, 0.15) is 19.7 Å². The van der Waals surface area contributed by atoms with Gasteiger partial charge in [0, 0.05) is 33.1 Å². The van der Waals surface area contributed by atoms with Crippen LogP contribution in [0, 0.1) is 5.82 Å². The summed E-state index contributed by atoms with van der Waals surface area (Å²) in [5, 5.41) is 2.86. The molecule has 0 unspecified atom stereocenters. The van der Waals surface area contributed by atoms with Crippen molar-refractivity contribution < 1.29 is 9.18 Å². The zero-order valence-corrected chi connectivity index (χ0v) is 12.7. The molecule has 0 aliphatic rings. The number of urea groups is 1. The lowest BCUT2D eigenvalue weighted by molar-refractivity contribution is 0.203. The molecule has 0 aliphatic heterocycles. The Hall–Kier alpha value is -2.11. The minimum absolute atomic E-state index is 0.0788. The second-order valence-electron chi connectivity index (χ2n) is 4.85. The van der Waals surface area contributed by atoms with Gasteiger partial charge in [0.2, 0.25) is 0 Å². The Morgan fingerprint density at radius 2 is 2.10 bits per heavy atom. The third-order valence-electron chi connectivity index (χ3n) is 3.63. The molecule has 2 rings (SSSR count). The van der Waals surface area contributed by atoms with Gasteiger partial charge < -0.3 is 14.8 Å². The van der Waals surface area contributed by atoms with Crippen LogP contribution in [0.5, 0.6) is 0 Å². The Labute approximate surface area is 123 Å². The molecular formula is C15H21FN4O. The number of hydrogen-bond donors (Lipinski definition) is 1. The summed E-state index contributed by atoms with van der Waals surface area (Å²) < 4.78 is 15.5. The summed E-state index contributed by atoms with van der Waals surface area (Å²) in [4.78, 5) is 17.9. The lowest BCUT2D eigenvalue weighted by Gasteiger charge is -2.19. The lowest BCUT2D eigenvalue weighted by Crippen LogP contribution is -2.40. The van der Waals surface area contributed by atoms with E-state index in [0.717, 1.165) is 11.3 Å². The van der Waals surface area contributed by atoms with Gasteiger partial charge in [-0.1, -0.05) is 6.07 Å². The highest BCUT2D eigenvalue weighted by Gasteiger charge is 2.12. The van der Waals surface area contributed by atoms with Crippen LogP contribution in [0.4, 0.5) is 9.18 Å². The normalized spacial score (nSPS) is 10.9. The first-order valence-electron chi connectivity index (χ1n) is 7.21. The number of imidazole rings is 1. The average molecular weight is 292 g/mol. The third kappa shape index (κ3) is 3.15. The van der Waals surface area contributed by atoms with Gasteiger partial charge in [-0.2, -0.15) is 0 Å². The van der Waals surface area contributed by atoms with Crippen LogP contribution in [0.3, 0.4) is 0 Å². The minimum Gasteiger partial charge on any atom is -0.338 e. The fourth-order valence-corrected chi connectivity index (χ4v) is 2.36. The first-order chi connectivity index (χ1) is 10.1. The second-order valence-corrected chi connectivity index (χ2v) is 4.85. The first-order valence-corrected chi connectivity index (χ1v) is 7.21. The molecule has 1 heterocycles. The zero-order valence-electron chi connectivity index (χ0n) is 12.7. The van der Waals surface area contributed by atoms with Crippen molar-refractivity contribution >= 4 is 17.1 Å². The molecule has 0 fully saturated rings. The fourth-order valence-electron chi connectivity index (χ4n) is 2.36. The number of amides is 2. The molecular weight excluding hydrogens is 271 g/mol. The van der Waals surface area contributed by atoms with Crippen molar-refractivity contribution in [2.45, 2.75) is 20.3 Å². The van der Waals surface area contributed by atoms with Crippen LogP contribution in [0.25, 0.3) is 11.0 Å². The molecule has 0 saturated heterocycles. The Bertz CT molecular complexity index is 634. The zero-order chi connectivity index (χ0) is 15.4. The van der Waals surface area contributed by atoms with Crippen LogP contribution in [0.15, 0.2) is 18.2 Å². The van der Waals surface area contributed by atoms with E-state index in [1.807, 2.05) is 31.5 Å². The highest BCUT2D eigenvalue weighted by molar-refractivity contribution is 5.76. The molecule has 0 aliphatic carbocycles. The van der Waals surface area contributed by atoms with E-state index < -0.39 is 0 Å². The van der Waals surface area contributed by atoms with Crippen LogP contribution in [-0.4, -0.2) is 40.1 Å². The number of aromatic nitrogens is 2. The quantitative estimate of drug-likeness (QED) is 0.919. The maximum Gasteiger partial charge on any atom is 0.317 e. The highest BCUT2D eigenvalue weighted by Crippen LogP contribution is 2.17. The lowest BCUT2D eigenvalue weighted by atomic mass is 10.3. The van der Waals surface area contributed by atoms with Crippen molar-refractivity contribution in [3.63, 3.8) is 0 Å². The predicted molar refractivity (Wildman–Crippen MR) is 80.7 cm³/mol. The number of nitrogens with one attached hydrogen (secondary N) is 1. The minimum atomic E-state index is -0.318. The van der Waals surface area contributed by atoms with Gasteiger partial charge in [-0.3, -0.25) is 0 Å². The summed E-state index contributed by atoms with van der Waals surface area (Å²) in [7, 11) is 1.86. The molecule has 1 N–H and O–H groups in total. The van der Waals surface area contributed by atoms with Crippen molar-refractivity contribution in [3.05, 3.63) is 29.8 Å². The highest BCUT2D eigenvalue weighted by atomic mass is 19.1. The van der Waals surface area contributed by atoms with Crippen molar-refractivity contribution in [2.75, 3.05) is 19.6 Å². The maximum absolute atomic E-state index is 13.7. The van der Waals surface area contributed by atoms with Gasteiger partial charge >= 0.3 is 6.03 Å². The molecule has 2 aromatic rings. The Morgan fingerprint density at radius 3 is 2.71 bits per heavy atom. The van der Waals surface area contributed by atoms with E-state index in [4.69, 9.17) is 0 Å². The number of para-hydroxylation sites is 1. The predicted octanol–water partition coefficient (Wildman–Crippen LogP) is 2.31. The van der Waals surface area contributed by atoms with E-state index in [0.29, 0.717) is 31.6 Å². The molecule has 0 radical (unpaired) electrons. The Balaban J connectivity index is 2.03. The van der Waals surface area contributed by atoms with Crippen LogP contribution in [-0.2, 0) is 13.5 Å². The molecule has 0 saturated carbocycles. The van der Waals surface area contributed by atoms with E-state index in [9.17, 15) is 9.18 Å². The average Bonchev–Trinajstić information content (AvgIpc) is 2.79. The topological polar surface area (TPSA) is 50.2 Å². The van der Waals surface area contributed by atoms with E-state index >= 15 is 0 Å². The van der Waals surface area contributed by atoms with Gasteiger partial charge in [0.25, 0.3) is 0 Å². The number of hydrogen-bond acceptors (Lipinski definition) is 2.